The maximum Gasteiger partial charge on any atom is 0.410 e. The molecule has 3 rings (SSSR count). The zero-order chi connectivity index (χ0) is 17.1. The molecular weight excluding hydrogens is 308 g/mol. The summed E-state index contributed by atoms with van der Waals surface area (Å²) in [6.07, 6.45) is 2.99. The Morgan fingerprint density at radius 3 is 2.71 bits per heavy atom. The molecule has 1 aromatic carbocycles. The summed E-state index contributed by atoms with van der Waals surface area (Å²) in [4.78, 5) is 28.4. The van der Waals surface area contributed by atoms with Crippen molar-refractivity contribution in [3.05, 3.63) is 29.3 Å². The SMILES string of the molecule is COC(=O)N1CCCC[C@@H]1C(=O)N1CCc2cc(OC)ccc2C1. The molecule has 2 aliphatic heterocycles. The minimum absolute atomic E-state index is 0.0292. The molecule has 2 amide bonds. The number of rotatable bonds is 2. The summed E-state index contributed by atoms with van der Waals surface area (Å²) in [7, 11) is 3.02. The number of carbonyl (C=O) groups excluding carboxylic acids is 2. The Balaban J connectivity index is 1.74. The highest BCUT2D eigenvalue weighted by molar-refractivity contribution is 5.86. The Labute approximate surface area is 142 Å². The van der Waals surface area contributed by atoms with Gasteiger partial charge in [-0.25, -0.2) is 4.79 Å². The molecule has 1 aromatic rings. The largest absolute Gasteiger partial charge is 0.497 e. The maximum absolute atomic E-state index is 13.0. The highest BCUT2D eigenvalue weighted by Gasteiger charge is 2.36. The molecule has 0 bridgehead atoms. The van der Waals surface area contributed by atoms with Crippen LogP contribution in [-0.4, -0.2) is 55.2 Å². The quantitative estimate of drug-likeness (QED) is 0.833. The fourth-order valence-corrected chi connectivity index (χ4v) is 3.58. The van der Waals surface area contributed by atoms with Gasteiger partial charge in [0.1, 0.15) is 11.8 Å². The lowest BCUT2D eigenvalue weighted by Gasteiger charge is -2.38. The number of likely N-dealkylation sites (tertiary alicyclic amines) is 1. The molecule has 0 spiro atoms. The number of hydrogen-bond acceptors (Lipinski definition) is 4. The van der Waals surface area contributed by atoms with E-state index in [1.807, 2.05) is 23.1 Å². The van der Waals surface area contributed by atoms with Gasteiger partial charge in [0.05, 0.1) is 14.2 Å². The number of nitrogens with zero attached hydrogens (tertiary/aromatic N) is 2. The van der Waals surface area contributed by atoms with Crippen molar-refractivity contribution in [2.45, 2.75) is 38.3 Å². The van der Waals surface area contributed by atoms with Crippen molar-refractivity contribution in [3.63, 3.8) is 0 Å². The number of carbonyl (C=O) groups is 2. The van der Waals surface area contributed by atoms with Crippen molar-refractivity contribution in [3.8, 4) is 5.75 Å². The first-order valence-electron chi connectivity index (χ1n) is 8.43. The molecule has 0 radical (unpaired) electrons. The molecule has 0 N–H and O–H groups in total. The van der Waals surface area contributed by atoms with Crippen LogP contribution in [0.3, 0.4) is 0 Å². The predicted octanol–water partition coefficient (Wildman–Crippen LogP) is 2.20. The number of benzene rings is 1. The lowest BCUT2D eigenvalue weighted by molar-refractivity contribution is -0.138. The van der Waals surface area contributed by atoms with Gasteiger partial charge in [-0.3, -0.25) is 9.69 Å². The molecule has 0 saturated carbocycles. The van der Waals surface area contributed by atoms with Crippen molar-refractivity contribution in [1.82, 2.24) is 9.80 Å². The lowest BCUT2D eigenvalue weighted by Crippen LogP contribution is -2.53. The summed E-state index contributed by atoms with van der Waals surface area (Å²) in [5, 5.41) is 0. The van der Waals surface area contributed by atoms with Crippen LogP contribution in [0.4, 0.5) is 4.79 Å². The topological polar surface area (TPSA) is 59.1 Å². The molecule has 6 heteroatoms. The van der Waals surface area contributed by atoms with Crippen molar-refractivity contribution < 1.29 is 19.1 Å². The summed E-state index contributed by atoms with van der Waals surface area (Å²) in [5.41, 5.74) is 2.38. The molecule has 6 nitrogen and oxygen atoms in total. The average molecular weight is 332 g/mol. The minimum Gasteiger partial charge on any atom is -0.497 e. The zero-order valence-corrected chi connectivity index (χ0v) is 14.3. The van der Waals surface area contributed by atoms with Gasteiger partial charge in [0.25, 0.3) is 0 Å². The normalized spacial score (nSPS) is 20.3. The second kappa shape index (κ2) is 7.11. The fraction of sp³-hybridized carbons (Fsp3) is 0.556. The monoisotopic (exact) mass is 332 g/mol. The number of amides is 2. The highest BCUT2D eigenvalue weighted by atomic mass is 16.5. The third-order valence-corrected chi connectivity index (χ3v) is 4.93. The van der Waals surface area contributed by atoms with Crippen LogP contribution in [0, 0.1) is 0 Å². The Bertz CT molecular complexity index is 631. The summed E-state index contributed by atoms with van der Waals surface area (Å²) in [5.74, 6) is 0.874. The second-order valence-corrected chi connectivity index (χ2v) is 6.32. The molecular formula is C18H24N2O4. The van der Waals surface area contributed by atoms with E-state index in [1.54, 1.807) is 12.0 Å². The first-order valence-corrected chi connectivity index (χ1v) is 8.43. The molecule has 1 atom stereocenters. The van der Waals surface area contributed by atoms with Crippen LogP contribution < -0.4 is 4.74 Å². The van der Waals surface area contributed by atoms with Crippen molar-refractivity contribution in [2.24, 2.45) is 0 Å². The highest BCUT2D eigenvalue weighted by Crippen LogP contribution is 2.26. The molecule has 0 unspecified atom stereocenters. The third kappa shape index (κ3) is 3.18. The van der Waals surface area contributed by atoms with Gasteiger partial charge in [0.15, 0.2) is 0 Å². The van der Waals surface area contributed by atoms with E-state index in [2.05, 4.69) is 0 Å². The Morgan fingerprint density at radius 2 is 1.96 bits per heavy atom. The number of methoxy groups -OCH3 is 2. The molecule has 0 aromatic heterocycles. The van der Waals surface area contributed by atoms with E-state index in [1.165, 1.54) is 12.7 Å². The Kier molecular flexibility index (Phi) is 4.92. The molecule has 1 saturated heterocycles. The van der Waals surface area contributed by atoms with Crippen LogP contribution in [0.25, 0.3) is 0 Å². The van der Waals surface area contributed by atoms with Crippen molar-refractivity contribution >= 4 is 12.0 Å². The minimum atomic E-state index is -0.407. The van der Waals surface area contributed by atoms with Crippen LogP contribution >= 0.6 is 0 Å². The van der Waals surface area contributed by atoms with E-state index in [0.717, 1.165) is 30.6 Å². The third-order valence-electron chi connectivity index (χ3n) is 4.93. The van der Waals surface area contributed by atoms with Crippen LogP contribution in [-0.2, 0) is 22.5 Å². The Hall–Kier alpha value is -2.24. The van der Waals surface area contributed by atoms with Gasteiger partial charge in [-0.2, -0.15) is 0 Å². The van der Waals surface area contributed by atoms with Crippen LogP contribution in [0.15, 0.2) is 18.2 Å². The van der Waals surface area contributed by atoms with Crippen molar-refractivity contribution in [1.29, 1.82) is 0 Å². The lowest BCUT2D eigenvalue weighted by atomic mass is 9.96. The summed E-state index contributed by atoms with van der Waals surface area (Å²) < 4.78 is 10.1. The molecule has 130 valence electrons. The number of fused-ring (bicyclic) bond motifs is 1. The first-order chi connectivity index (χ1) is 11.6. The van der Waals surface area contributed by atoms with Gasteiger partial charge in [-0.15, -0.1) is 0 Å². The summed E-state index contributed by atoms with van der Waals surface area (Å²) in [6.45, 7) is 1.85. The van der Waals surface area contributed by atoms with Crippen molar-refractivity contribution in [2.75, 3.05) is 27.3 Å². The fourth-order valence-electron chi connectivity index (χ4n) is 3.58. The van der Waals surface area contributed by atoms with Crippen LogP contribution in [0.2, 0.25) is 0 Å². The summed E-state index contributed by atoms with van der Waals surface area (Å²) in [6, 6.07) is 5.59. The second-order valence-electron chi connectivity index (χ2n) is 6.32. The average Bonchev–Trinajstić information content (AvgIpc) is 2.65. The van der Waals surface area contributed by atoms with E-state index >= 15 is 0 Å². The standard InChI is InChI=1S/C18H24N2O4/c1-23-15-7-6-14-12-19(10-8-13(14)11-15)17(21)16-5-3-4-9-20(16)18(22)24-2/h6-7,11,16H,3-5,8-10,12H2,1-2H3/t16-/m1/s1. The number of piperidine rings is 1. The molecule has 1 fully saturated rings. The van der Waals surface area contributed by atoms with E-state index < -0.39 is 12.1 Å². The summed E-state index contributed by atoms with van der Waals surface area (Å²) >= 11 is 0. The van der Waals surface area contributed by atoms with Crippen LogP contribution in [0.5, 0.6) is 5.75 Å². The zero-order valence-electron chi connectivity index (χ0n) is 14.3. The molecule has 0 aliphatic carbocycles. The maximum atomic E-state index is 13.0. The predicted molar refractivity (Wildman–Crippen MR) is 88.9 cm³/mol. The van der Waals surface area contributed by atoms with E-state index in [9.17, 15) is 9.59 Å². The van der Waals surface area contributed by atoms with Gasteiger partial charge < -0.3 is 14.4 Å². The molecule has 2 heterocycles. The Morgan fingerprint density at radius 1 is 1.12 bits per heavy atom. The van der Waals surface area contributed by atoms with E-state index in [-0.39, 0.29) is 5.91 Å². The van der Waals surface area contributed by atoms with Gasteiger partial charge in [-0.1, -0.05) is 6.07 Å². The van der Waals surface area contributed by atoms with Gasteiger partial charge in [0, 0.05) is 19.6 Å². The number of ether oxygens (including phenoxy) is 2. The molecule has 24 heavy (non-hydrogen) atoms. The number of hydrogen-bond donors (Lipinski definition) is 0. The van der Waals surface area contributed by atoms with E-state index in [4.69, 9.17) is 9.47 Å². The van der Waals surface area contributed by atoms with E-state index in [0.29, 0.717) is 26.1 Å². The smallest absolute Gasteiger partial charge is 0.410 e. The van der Waals surface area contributed by atoms with Gasteiger partial charge in [-0.05, 0) is 48.9 Å². The molecule has 2 aliphatic rings. The first kappa shape index (κ1) is 16.6. The van der Waals surface area contributed by atoms with Gasteiger partial charge >= 0.3 is 6.09 Å². The van der Waals surface area contributed by atoms with Gasteiger partial charge in [0.2, 0.25) is 5.91 Å². The van der Waals surface area contributed by atoms with Crippen LogP contribution in [0.1, 0.15) is 30.4 Å².